The first kappa shape index (κ1) is 14.9. The van der Waals surface area contributed by atoms with Crippen molar-refractivity contribution in [3.8, 4) is 0 Å². The maximum atomic E-state index is 11.2. The van der Waals surface area contributed by atoms with E-state index in [1.165, 1.54) is 13.2 Å². The van der Waals surface area contributed by atoms with Crippen molar-refractivity contribution < 1.29 is 14.5 Å². The average Bonchev–Trinajstić information content (AvgIpc) is 2.38. The van der Waals surface area contributed by atoms with Gasteiger partial charge in [-0.3, -0.25) is 14.9 Å². The third-order valence-corrected chi connectivity index (χ3v) is 3.63. The molecule has 1 rings (SSSR count). The molecular weight excluding hydrogens is 349 g/mol. The number of aryl methyl sites for hydroxylation is 1. The Balaban J connectivity index is 2.46. The molecule has 5 nitrogen and oxygen atoms in total. The number of ether oxygens (including phenoxy) is 1. The zero-order valence-corrected chi connectivity index (χ0v) is 12.1. The number of non-ortho nitro benzene ring substituents is 1. The van der Waals surface area contributed by atoms with Crippen molar-refractivity contribution in [2.24, 2.45) is 0 Å². The van der Waals surface area contributed by atoms with E-state index in [1.54, 1.807) is 12.1 Å². The maximum Gasteiger partial charge on any atom is 0.318 e. The molecule has 0 aromatic heterocycles. The lowest BCUT2D eigenvalue weighted by molar-refractivity contribution is -0.384. The van der Waals surface area contributed by atoms with Crippen molar-refractivity contribution in [1.82, 2.24) is 0 Å². The van der Waals surface area contributed by atoms with Crippen molar-refractivity contribution >= 4 is 34.2 Å². The molecule has 0 N–H and O–H groups in total. The first-order valence-electron chi connectivity index (χ1n) is 5.50. The van der Waals surface area contributed by atoms with Crippen LogP contribution in [0.15, 0.2) is 24.3 Å². The summed E-state index contributed by atoms with van der Waals surface area (Å²) in [5.41, 5.74) is 1.02. The summed E-state index contributed by atoms with van der Waals surface area (Å²) >= 11 is 2.04. The molecule has 0 aliphatic heterocycles. The van der Waals surface area contributed by atoms with Gasteiger partial charge in [0.1, 0.15) is 3.92 Å². The molecular formula is C12H14INO4. The minimum absolute atomic E-state index is 0.103. The van der Waals surface area contributed by atoms with E-state index in [9.17, 15) is 14.9 Å². The van der Waals surface area contributed by atoms with Crippen LogP contribution >= 0.6 is 22.6 Å². The maximum absolute atomic E-state index is 11.2. The van der Waals surface area contributed by atoms with E-state index in [0.717, 1.165) is 18.4 Å². The minimum atomic E-state index is -0.404. The molecule has 0 aliphatic carbocycles. The van der Waals surface area contributed by atoms with Gasteiger partial charge in [-0.2, -0.15) is 0 Å². The summed E-state index contributed by atoms with van der Waals surface area (Å²) in [7, 11) is 1.37. The number of methoxy groups -OCH3 is 1. The molecule has 0 amide bonds. The van der Waals surface area contributed by atoms with Crippen LogP contribution in [0.25, 0.3) is 0 Å². The van der Waals surface area contributed by atoms with E-state index >= 15 is 0 Å². The van der Waals surface area contributed by atoms with Crippen molar-refractivity contribution in [2.45, 2.75) is 23.2 Å². The molecule has 1 unspecified atom stereocenters. The normalized spacial score (nSPS) is 11.9. The average molecular weight is 363 g/mol. The zero-order valence-electron chi connectivity index (χ0n) is 9.97. The standard InChI is InChI=1S/C12H14INO4/c1-18-12(15)11(13)7-3-5-9-4-2-6-10(8-9)14(16)17/h2,4,6,8,11H,3,5,7H2,1H3. The third kappa shape index (κ3) is 4.59. The number of carbonyl (C=O) groups excluding carboxylic acids is 1. The van der Waals surface area contributed by atoms with Crippen LogP contribution < -0.4 is 0 Å². The van der Waals surface area contributed by atoms with Crippen LogP contribution in [0.3, 0.4) is 0 Å². The number of hydrogen-bond acceptors (Lipinski definition) is 4. The third-order valence-electron chi connectivity index (χ3n) is 2.50. The number of nitro benzene ring substituents is 1. The molecule has 0 bridgehead atoms. The lowest BCUT2D eigenvalue weighted by Crippen LogP contribution is -2.15. The van der Waals surface area contributed by atoms with Crippen LogP contribution in [0.4, 0.5) is 5.69 Å². The quantitative estimate of drug-likeness (QED) is 0.256. The van der Waals surface area contributed by atoms with Crippen LogP contribution in [-0.2, 0) is 16.0 Å². The number of benzene rings is 1. The summed E-state index contributed by atoms with van der Waals surface area (Å²) in [5, 5.41) is 10.6. The Morgan fingerprint density at radius 1 is 1.56 bits per heavy atom. The Morgan fingerprint density at radius 2 is 2.28 bits per heavy atom. The van der Waals surface area contributed by atoms with E-state index in [1.807, 2.05) is 28.7 Å². The van der Waals surface area contributed by atoms with Gasteiger partial charge in [0.05, 0.1) is 12.0 Å². The molecule has 1 aromatic carbocycles. The lowest BCUT2D eigenvalue weighted by atomic mass is 10.1. The summed E-state index contributed by atoms with van der Waals surface area (Å²) in [6.45, 7) is 0. The topological polar surface area (TPSA) is 69.4 Å². The Labute approximate surface area is 119 Å². The molecule has 0 fully saturated rings. The highest BCUT2D eigenvalue weighted by Crippen LogP contribution is 2.17. The number of alkyl halides is 1. The van der Waals surface area contributed by atoms with Gasteiger partial charge in [0.15, 0.2) is 0 Å². The fourth-order valence-electron chi connectivity index (χ4n) is 1.56. The van der Waals surface area contributed by atoms with Gasteiger partial charge in [-0.25, -0.2) is 0 Å². The van der Waals surface area contributed by atoms with Gasteiger partial charge in [-0.05, 0) is 24.8 Å². The molecule has 6 heteroatoms. The number of rotatable bonds is 6. The molecule has 0 spiro atoms. The summed E-state index contributed by atoms with van der Waals surface area (Å²) in [4.78, 5) is 21.4. The molecule has 0 saturated carbocycles. The lowest BCUT2D eigenvalue weighted by Gasteiger charge is -2.07. The van der Waals surface area contributed by atoms with Gasteiger partial charge in [0.25, 0.3) is 5.69 Å². The van der Waals surface area contributed by atoms with Gasteiger partial charge in [0.2, 0.25) is 0 Å². The van der Waals surface area contributed by atoms with Crippen LogP contribution in [0.2, 0.25) is 0 Å². The van der Waals surface area contributed by atoms with E-state index < -0.39 is 4.92 Å². The van der Waals surface area contributed by atoms with Gasteiger partial charge < -0.3 is 4.74 Å². The second kappa shape index (κ2) is 7.30. The fraction of sp³-hybridized carbons (Fsp3) is 0.417. The summed E-state index contributed by atoms with van der Waals surface area (Å²) < 4.78 is 4.47. The largest absolute Gasteiger partial charge is 0.468 e. The Bertz CT molecular complexity index is 436. The highest BCUT2D eigenvalue weighted by Gasteiger charge is 2.14. The van der Waals surface area contributed by atoms with Gasteiger partial charge in [-0.1, -0.05) is 34.7 Å². The number of hydrogen-bond donors (Lipinski definition) is 0. The van der Waals surface area contributed by atoms with Gasteiger partial charge >= 0.3 is 5.97 Å². The Hall–Kier alpha value is -1.18. The number of halogens is 1. The molecule has 18 heavy (non-hydrogen) atoms. The molecule has 1 aromatic rings. The summed E-state index contributed by atoms with van der Waals surface area (Å²) in [6, 6.07) is 6.57. The van der Waals surface area contributed by atoms with Gasteiger partial charge in [-0.15, -0.1) is 0 Å². The highest BCUT2D eigenvalue weighted by molar-refractivity contribution is 14.1. The number of esters is 1. The molecule has 0 heterocycles. The molecule has 98 valence electrons. The van der Waals surface area contributed by atoms with E-state index in [-0.39, 0.29) is 15.6 Å². The SMILES string of the molecule is COC(=O)C(I)CCCc1cccc([N+](=O)[O-])c1. The summed E-state index contributed by atoms with van der Waals surface area (Å²) in [6.07, 6.45) is 2.22. The first-order valence-corrected chi connectivity index (χ1v) is 6.74. The Kier molecular flexibility index (Phi) is 6.03. The zero-order chi connectivity index (χ0) is 13.5. The van der Waals surface area contributed by atoms with Crippen LogP contribution in [0, 0.1) is 10.1 Å². The predicted octanol–water partition coefficient (Wildman–Crippen LogP) is 2.89. The molecule has 0 saturated heterocycles. The van der Waals surface area contributed by atoms with Crippen LogP contribution in [0.5, 0.6) is 0 Å². The first-order chi connectivity index (χ1) is 8.54. The smallest absolute Gasteiger partial charge is 0.318 e. The second-order valence-electron chi connectivity index (χ2n) is 3.81. The second-order valence-corrected chi connectivity index (χ2v) is 5.31. The molecule has 0 aliphatic rings. The highest BCUT2D eigenvalue weighted by atomic mass is 127. The van der Waals surface area contributed by atoms with E-state index in [0.29, 0.717) is 6.42 Å². The fourth-order valence-corrected chi connectivity index (χ4v) is 2.25. The van der Waals surface area contributed by atoms with E-state index in [2.05, 4.69) is 4.74 Å². The van der Waals surface area contributed by atoms with E-state index in [4.69, 9.17) is 0 Å². The molecule has 0 radical (unpaired) electrons. The van der Waals surface area contributed by atoms with Crippen molar-refractivity contribution in [1.29, 1.82) is 0 Å². The number of carbonyl (C=O) groups is 1. The van der Waals surface area contributed by atoms with Crippen LogP contribution in [-0.4, -0.2) is 21.9 Å². The predicted molar refractivity (Wildman–Crippen MR) is 75.9 cm³/mol. The van der Waals surface area contributed by atoms with Crippen molar-refractivity contribution in [3.05, 3.63) is 39.9 Å². The van der Waals surface area contributed by atoms with Gasteiger partial charge in [0, 0.05) is 12.1 Å². The Morgan fingerprint density at radius 3 is 2.89 bits per heavy atom. The number of nitro groups is 1. The minimum Gasteiger partial charge on any atom is -0.468 e. The summed E-state index contributed by atoms with van der Waals surface area (Å²) in [5.74, 6) is -0.227. The van der Waals surface area contributed by atoms with Crippen molar-refractivity contribution in [3.63, 3.8) is 0 Å². The number of nitrogens with zero attached hydrogens (tertiary/aromatic N) is 1. The van der Waals surface area contributed by atoms with Crippen LogP contribution in [0.1, 0.15) is 18.4 Å². The van der Waals surface area contributed by atoms with Crippen molar-refractivity contribution in [2.75, 3.05) is 7.11 Å². The molecule has 1 atom stereocenters. The monoisotopic (exact) mass is 363 g/mol.